The maximum Gasteiger partial charge on any atom is 0.131 e. The molecule has 0 saturated heterocycles. The van der Waals surface area contributed by atoms with E-state index in [9.17, 15) is 0 Å². The maximum absolute atomic E-state index is 5.53. The van der Waals surface area contributed by atoms with E-state index in [1.807, 2.05) is 19.1 Å². The molecule has 1 heterocycles. The fourth-order valence-corrected chi connectivity index (χ4v) is 2.04. The number of hydrogen-bond acceptors (Lipinski definition) is 4. The highest BCUT2D eigenvalue weighted by molar-refractivity contribution is 5.71. The van der Waals surface area contributed by atoms with E-state index >= 15 is 0 Å². The van der Waals surface area contributed by atoms with E-state index in [4.69, 9.17) is 4.74 Å². The van der Waals surface area contributed by atoms with Crippen LogP contribution < -0.4 is 10.1 Å². The van der Waals surface area contributed by atoms with Crippen molar-refractivity contribution < 1.29 is 4.74 Å². The zero-order valence-electron chi connectivity index (χ0n) is 11.8. The third-order valence-electron chi connectivity index (χ3n) is 3.18. The Morgan fingerprint density at radius 1 is 1.21 bits per heavy atom. The molecule has 2 aromatic rings. The van der Waals surface area contributed by atoms with Gasteiger partial charge in [-0.15, -0.1) is 0 Å². The van der Waals surface area contributed by atoms with Gasteiger partial charge in [-0.2, -0.15) is 0 Å². The van der Waals surface area contributed by atoms with Crippen molar-refractivity contribution in [2.45, 2.75) is 20.8 Å². The number of anilines is 1. The lowest BCUT2D eigenvalue weighted by molar-refractivity contribution is 0.413. The highest BCUT2D eigenvalue weighted by Gasteiger charge is 2.12. The van der Waals surface area contributed by atoms with Gasteiger partial charge in [0.25, 0.3) is 0 Å². The Morgan fingerprint density at radius 2 is 2.00 bits per heavy atom. The normalized spacial score (nSPS) is 10.3. The Labute approximate surface area is 113 Å². The van der Waals surface area contributed by atoms with Gasteiger partial charge in [0.15, 0.2) is 0 Å². The second-order valence-corrected chi connectivity index (χ2v) is 4.41. The number of nitrogens with one attached hydrogen (secondary N) is 1. The van der Waals surface area contributed by atoms with Gasteiger partial charge in [-0.1, -0.05) is 6.07 Å². The van der Waals surface area contributed by atoms with Crippen LogP contribution in [0.4, 0.5) is 5.82 Å². The first kappa shape index (κ1) is 13.3. The molecule has 0 fully saturated rings. The molecule has 1 aromatic heterocycles. The molecule has 1 aromatic carbocycles. The highest BCUT2D eigenvalue weighted by Crippen LogP contribution is 2.33. The standard InChI is InChI=1S/C15H19N3O/c1-5-16-14-8-13(17-9-18-14)12-7-6-10(2)11(3)15(12)19-4/h6-9H,5H2,1-4H3,(H,16,17,18). The Balaban J connectivity index is 2.52. The van der Waals surface area contributed by atoms with Crippen molar-refractivity contribution in [3.63, 3.8) is 0 Å². The fourth-order valence-electron chi connectivity index (χ4n) is 2.04. The van der Waals surface area contributed by atoms with Gasteiger partial charge >= 0.3 is 0 Å². The lowest BCUT2D eigenvalue weighted by atomic mass is 10.0. The van der Waals surface area contributed by atoms with E-state index in [-0.39, 0.29) is 0 Å². The molecule has 4 nitrogen and oxygen atoms in total. The molecule has 100 valence electrons. The molecule has 0 aliphatic rings. The molecule has 0 bridgehead atoms. The van der Waals surface area contributed by atoms with Gasteiger partial charge in [-0.25, -0.2) is 9.97 Å². The molecular formula is C15H19N3O. The van der Waals surface area contributed by atoms with Crippen LogP contribution in [0.5, 0.6) is 5.75 Å². The van der Waals surface area contributed by atoms with Crippen LogP contribution in [0.2, 0.25) is 0 Å². The first-order valence-corrected chi connectivity index (χ1v) is 6.37. The van der Waals surface area contributed by atoms with Crippen LogP contribution in [0, 0.1) is 13.8 Å². The minimum Gasteiger partial charge on any atom is -0.496 e. The van der Waals surface area contributed by atoms with Crippen LogP contribution in [0.25, 0.3) is 11.3 Å². The van der Waals surface area contributed by atoms with E-state index in [1.54, 1.807) is 13.4 Å². The molecule has 0 aliphatic carbocycles. The van der Waals surface area contributed by atoms with E-state index in [0.29, 0.717) is 0 Å². The highest BCUT2D eigenvalue weighted by atomic mass is 16.5. The van der Waals surface area contributed by atoms with Crippen LogP contribution in [-0.2, 0) is 0 Å². The number of nitrogens with zero attached hydrogens (tertiary/aromatic N) is 2. The summed E-state index contributed by atoms with van der Waals surface area (Å²) in [6.45, 7) is 7.01. The number of ether oxygens (including phenoxy) is 1. The van der Waals surface area contributed by atoms with Crippen molar-refractivity contribution in [1.82, 2.24) is 9.97 Å². The number of aromatic nitrogens is 2. The summed E-state index contributed by atoms with van der Waals surface area (Å²) in [5, 5.41) is 3.19. The average Bonchev–Trinajstić information content (AvgIpc) is 2.42. The van der Waals surface area contributed by atoms with Gasteiger partial charge in [0, 0.05) is 18.2 Å². The van der Waals surface area contributed by atoms with E-state index < -0.39 is 0 Å². The molecule has 0 atom stereocenters. The first-order valence-electron chi connectivity index (χ1n) is 6.37. The second-order valence-electron chi connectivity index (χ2n) is 4.41. The number of benzene rings is 1. The van der Waals surface area contributed by atoms with Crippen molar-refractivity contribution >= 4 is 5.82 Å². The third-order valence-corrected chi connectivity index (χ3v) is 3.18. The summed E-state index contributed by atoms with van der Waals surface area (Å²) in [6, 6.07) is 6.07. The fraction of sp³-hybridized carbons (Fsp3) is 0.333. The molecule has 2 rings (SSSR count). The zero-order chi connectivity index (χ0) is 13.8. The molecule has 0 amide bonds. The molecule has 4 heteroatoms. The summed E-state index contributed by atoms with van der Waals surface area (Å²) in [6.07, 6.45) is 1.57. The Kier molecular flexibility index (Phi) is 4.00. The average molecular weight is 257 g/mol. The molecule has 0 saturated carbocycles. The number of rotatable bonds is 4. The van der Waals surface area contributed by atoms with Gasteiger partial charge in [0.1, 0.15) is 17.9 Å². The molecule has 0 radical (unpaired) electrons. The Morgan fingerprint density at radius 3 is 2.68 bits per heavy atom. The van der Waals surface area contributed by atoms with E-state index in [0.717, 1.165) is 34.9 Å². The second kappa shape index (κ2) is 5.69. The lowest BCUT2D eigenvalue weighted by Gasteiger charge is -2.13. The van der Waals surface area contributed by atoms with Gasteiger partial charge in [0.2, 0.25) is 0 Å². The molecular weight excluding hydrogens is 238 g/mol. The summed E-state index contributed by atoms with van der Waals surface area (Å²) in [5.74, 6) is 1.70. The summed E-state index contributed by atoms with van der Waals surface area (Å²) in [4.78, 5) is 8.53. The van der Waals surface area contributed by atoms with Crippen molar-refractivity contribution in [1.29, 1.82) is 0 Å². The number of methoxy groups -OCH3 is 1. The van der Waals surface area contributed by atoms with Crippen molar-refractivity contribution in [2.24, 2.45) is 0 Å². The predicted octanol–water partition coefficient (Wildman–Crippen LogP) is 3.20. The van der Waals surface area contributed by atoms with Crippen molar-refractivity contribution in [2.75, 3.05) is 19.0 Å². The van der Waals surface area contributed by atoms with Gasteiger partial charge < -0.3 is 10.1 Å². The Bertz CT molecular complexity index is 582. The SMILES string of the molecule is CCNc1cc(-c2ccc(C)c(C)c2OC)ncn1. The van der Waals surface area contributed by atoms with Crippen molar-refractivity contribution in [3.05, 3.63) is 35.7 Å². The molecule has 19 heavy (non-hydrogen) atoms. The van der Waals surface area contributed by atoms with Crippen LogP contribution in [0.1, 0.15) is 18.1 Å². The van der Waals surface area contributed by atoms with Gasteiger partial charge in [-0.05, 0) is 38.0 Å². The zero-order valence-corrected chi connectivity index (χ0v) is 11.8. The summed E-state index contributed by atoms with van der Waals surface area (Å²) < 4.78 is 5.53. The van der Waals surface area contributed by atoms with Crippen LogP contribution in [-0.4, -0.2) is 23.6 Å². The number of hydrogen-bond donors (Lipinski definition) is 1. The molecule has 0 spiro atoms. The monoisotopic (exact) mass is 257 g/mol. The van der Waals surface area contributed by atoms with Crippen LogP contribution in [0.3, 0.4) is 0 Å². The van der Waals surface area contributed by atoms with Crippen molar-refractivity contribution in [3.8, 4) is 17.0 Å². The molecule has 0 unspecified atom stereocenters. The third kappa shape index (κ3) is 2.67. The van der Waals surface area contributed by atoms with Gasteiger partial charge in [-0.3, -0.25) is 0 Å². The van der Waals surface area contributed by atoms with Gasteiger partial charge in [0.05, 0.1) is 12.8 Å². The first-order chi connectivity index (χ1) is 9.17. The predicted molar refractivity (Wildman–Crippen MR) is 77.7 cm³/mol. The van der Waals surface area contributed by atoms with Crippen LogP contribution in [0.15, 0.2) is 24.5 Å². The summed E-state index contributed by atoms with van der Waals surface area (Å²) in [5.41, 5.74) is 4.21. The quantitative estimate of drug-likeness (QED) is 0.913. The topological polar surface area (TPSA) is 47.0 Å². The largest absolute Gasteiger partial charge is 0.496 e. The number of aryl methyl sites for hydroxylation is 1. The smallest absolute Gasteiger partial charge is 0.131 e. The van der Waals surface area contributed by atoms with E-state index in [1.165, 1.54) is 5.56 Å². The van der Waals surface area contributed by atoms with E-state index in [2.05, 4.69) is 35.2 Å². The van der Waals surface area contributed by atoms with Crippen LogP contribution >= 0.6 is 0 Å². The summed E-state index contributed by atoms with van der Waals surface area (Å²) >= 11 is 0. The minimum absolute atomic E-state index is 0.827. The minimum atomic E-state index is 0.827. The lowest BCUT2D eigenvalue weighted by Crippen LogP contribution is -2.01. The Hall–Kier alpha value is -2.10. The molecule has 1 N–H and O–H groups in total. The summed E-state index contributed by atoms with van der Waals surface area (Å²) in [7, 11) is 1.69. The molecule has 0 aliphatic heterocycles. The maximum atomic E-state index is 5.53.